The number of nitrogens with zero attached hydrogens (tertiary/aromatic N) is 5. The SMILES string of the molecule is Cc1cc(Cc2cccc(Cl)c2)cc(C2CN(C(=O)Cn3nc(C)nc3C)CCO2)n1. The molecule has 31 heavy (non-hydrogen) atoms. The number of benzene rings is 1. The number of amides is 1. The molecular formula is C23H26ClN5O2. The summed E-state index contributed by atoms with van der Waals surface area (Å²) in [5.41, 5.74) is 4.06. The number of pyridine rings is 1. The summed E-state index contributed by atoms with van der Waals surface area (Å²) in [6, 6.07) is 12.0. The van der Waals surface area contributed by atoms with E-state index in [2.05, 4.69) is 28.3 Å². The molecule has 8 heteroatoms. The Hall–Kier alpha value is -2.77. The van der Waals surface area contributed by atoms with Crippen molar-refractivity contribution in [3.05, 3.63) is 75.6 Å². The highest BCUT2D eigenvalue weighted by Gasteiger charge is 2.27. The van der Waals surface area contributed by atoms with Crippen molar-refractivity contribution in [3.8, 4) is 0 Å². The number of carbonyl (C=O) groups excluding carboxylic acids is 1. The first-order valence-electron chi connectivity index (χ1n) is 10.4. The maximum atomic E-state index is 12.9. The fraction of sp³-hybridized carbons (Fsp3) is 0.391. The van der Waals surface area contributed by atoms with Gasteiger partial charge in [-0.1, -0.05) is 23.7 Å². The first kappa shape index (κ1) is 21.5. The summed E-state index contributed by atoms with van der Waals surface area (Å²) in [4.78, 5) is 23.7. The molecule has 1 atom stereocenters. The van der Waals surface area contributed by atoms with E-state index < -0.39 is 0 Å². The third-order valence-electron chi connectivity index (χ3n) is 5.33. The van der Waals surface area contributed by atoms with E-state index >= 15 is 0 Å². The van der Waals surface area contributed by atoms with Crippen LogP contribution in [0.3, 0.4) is 0 Å². The zero-order valence-corrected chi connectivity index (χ0v) is 18.8. The number of morpholine rings is 1. The van der Waals surface area contributed by atoms with Crippen LogP contribution in [0.25, 0.3) is 0 Å². The van der Waals surface area contributed by atoms with Gasteiger partial charge in [-0.25, -0.2) is 9.67 Å². The second-order valence-electron chi connectivity index (χ2n) is 7.91. The largest absolute Gasteiger partial charge is 0.368 e. The molecule has 4 rings (SSSR count). The number of carbonyl (C=O) groups is 1. The molecule has 1 aromatic carbocycles. The van der Waals surface area contributed by atoms with Gasteiger partial charge >= 0.3 is 0 Å². The van der Waals surface area contributed by atoms with Crippen molar-refractivity contribution in [1.82, 2.24) is 24.6 Å². The molecule has 3 heterocycles. The highest BCUT2D eigenvalue weighted by atomic mass is 35.5. The first-order valence-corrected chi connectivity index (χ1v) is 10.7. The van der Waals surface area contributed by atoms with Crippen molar-refractivity contribution in [2.75, 3.05) is 19.7 Å². The van der Waals surface area contributed by atoms with Crippen LogP contribution in [0.15, 0.2) is 36.4 Å². The average molecular weight is 440 g/mol. The van der Waals surface area contributed by atoms with Crippen molar-refractivity contribution < 1.29 is 9.53 Å². The van der Waals surface area contributed by atoms with Gasteiger partial charge in [-0.15, -0.1) is 0 Å². The highest BCUT2D eigenvalue weighted by Crippen LogP contribution is 2.24. The monoisotopic (exact) mass is 439 g/mol. The number of rotatable bonds is 5. The summed E-state index contributed by atoms with van der Waals surface area (Å²) >= 11 is 6.13. The van der Waals surface area contributed by atoms with Gasteiger partial charge in [-0.3, -0.25) is 9.78 Å². The molecule has 0 N–H and O–H groups in total. The molecule has 1 aliphatic rings. The van der Waals surface area contributed by atoms with Crippen LogP contribution in [0.2, 0.25) is 5.02 Å². The van der Waals surface area contributed by atoms with E-state index in [9.17, 15) is 4.79 Å². The van der Waals surface area contributed by atoms with E-state index in [-0.39, 0.29) is 18.6 Å². The zero-order chi connectivity index (χ0) is 22.0. The number of aryl methyl sites for hydroxylation is 3. The van der Waals surface area contributed by atoms with Gasteiger partial charge in [-0.2, -0.15) is 5.10 Å². The molecule has 0 spiro atoms. The molecule has 3 aromatic rings. The van der Waals surface area contributed by atoms with Crippen LogP contribution in [0, 0.1) is 20.8 Å². The molecule has 7 nitrogen and oxygen atoms in total. The Kier molecular flexibility index (Phi) is 6.34. The Morgan fingerprint density at radius 1 is 1.16 bits per heavy atom. The van der Waals surface area contributed by atoms with Crippen LogP contribution in [-0.4, -0.2) is 50.3 Å². The lowest BCUT2D eigenvalue weighted by molar-refractivity contribution is -0.140. The predicted octanol–water partition coefficient (Wildman–Crippen LogP) is 3.44. The van der Waals surface area contributed by atoms with Crippen LogP contribution in [0.4, 0.5) is 0 Å². The minimum Gasteiger partial charge on any atom is -0.368 e. The number of halogens is 1. The molecule has 1 saturated heterocycles. The van der Waals surface area contributed by atoms with Crippen molar-refractivity contribution in [1.29, 1.82) is 0 Å². The molecule has 0 aliphatic carbocycles. The number of ether oxygens (including phenoxy) is 1. The molecule has 0 bridgehead atoms. The van der Waals surface area contributed by atoms with Gasteiger partial charge in [0.15, 0.2) is 0 Å². The van der Waals surface area contributed by atoms with Crippen LogP contribution in [0.1, 0.15) is 40.3 Å². The Morgan fingerprint density at radius 2 is 2.00 bits per heavy atom. The summed E-state index contributed by atoms with van der Waals surface area (Å²) in [5, 5.41) is 5.02. The Bertz CT molecular complexity index is 1100. The molecule has 0 saturated carbocycles. The van der Waals surface area contributed by atoms with E-state index in [1.807, 2.05) is 43.9 Å². The highest BCUT2D eigenvalue weighted by molar-refractivity contribution is 6.30. The summed E-state index contributed by atoms with van der Waals surface area (Å²) in [5.74, 6) is 1.41. The van der Waals surface area contributed by atoms with Gasteiger partial charge in [-0.05, 0) is 62.6 Å². The maximum Gasteiger partial charge on any atom is 0.244 e. The summed E-state index contributed by atoms with van der Waals surface area (Å²) in [6.07, 6.45) is 0.506. The van der Waals surface area contributed by atoms with Gasteiger partial charge in [0.1, 0.15) is 24.3 Å². The molecule has 0 radical (unpaired) electrons. The second-order valence-corrected chi connectivity index (χ2v) is 8.35. The second kappa shape index (κ2) is 9.16. The smallest absolute Gasteiger partial charge is 0.244 e. The van der Waals surface area contributed by atoms with Crippen molar-refractivity contribution >= 4 is 17.5 Å². The van der Waals surface area contributed by atoms with Crippen LogP contribution >= 0.6 is 11.6 Å². The van der Waals surface area contributed by atoms with Gasteiger partial charge < -0.3 is 9.64 Å². The average Bonchev–Trinajstić information content (AvgIpc) is 3.04. The molecule has 1 amide bonds. The predicted molar refractivity (Wildman–Crippen MR) is 118 cm³/mol. The minimum atomic E-state index is -0.255. The standard InChI is InChI=1S/C23H26ClN5O2/c1-15-9-19(10-18-5-4-6-20(24)11-18)12-21(25-15)22-13-28(7-8-31-22)23(30)14-29-17(3)26-16(2)27-29/h4-6,9,11-12,22H,7-8,10,13-14H2,1-3H3. The lowest BCUT2D eigenvalue weighted by atomic mass is 10.0. The lowest BCUT2D eigenvalue weighted by Gasteiger charge is -2.33. The van der Waals surface area contributed by atoms with Crippen LogP contribution in [0.5, 0.6) is 0 Å². The van der Waals surface area contributed by atoms with Crippen LogP contribution in [-0.2, 0) is 22.5 Å². The molecule has 1 fully saturated rings. The summed E-state index contributed by atoms with van der Waals surface area (Å²) in [7, 11) is 0. The molecule has 1 aliphatic heterocycles. The molecule has 2 aromatic heterocycles. The minimum absolute atomic E-state index is 0.00750. The van der Waals surface area contributed by atoms with E-state index in [1.165, 1.54) is 0 Å². The third kappa shape index (κ3) is 5.29. The Morgan fingerprint density at radius 3 is 2.74 bits per heavy atom. The molecular weight excluding hydrogens is 414 g/mol. The molecule has 162 valence electrons. The summed E-state index contributed by atoms with van der Waals surface area (Å²) in [6.45, 7) is 7.34. The topological polar surface area (TPSA) is 73.1 Å². The number of hydrogen-bond acceptors (Lipinski definition) is 5. The normalized spacial score (nSPS) is 16.5. The fourth-order valence-corrected chi connectivity index (χ4v) is 4.12. The Labute approximate surface area is 187 Å². The first-order chi connectivity index (χ1) is 14.9. The summed E-state index contributed by atoms with van der Waals surface area (Å²) < 4.78 is 7.64. The fourth-order valence-electron chi connectivity index (χ4n) is 3.91. The van der Waals surface area contributed by atoms with Gasteiger partial charge in [0.05, 0.1) is 18.8 Å². The van der Waals surface area contributed by atoms with Gasteiger partial charge in [0.2, 0.25) is 5.91 Å². The van der Waals surface area contributed by atoms with Crippen molar-refractivity contribution in [2.45, 2.75) is 39.8 Å². The van der Waals surface area contributed by atoms with E-state index in [1.54, 1.807) is 4.68 Å². The van der Waals surface area contributed by atoms with E-state index in [0.717, 1.165) is 39.8 Å². The van der Waals surface area contributed by atoms with Gasteiger partial charge in [0, 0.05) is 17.3 Å². The maximum absolute atomic E-state index is 12.9. The lowest BCUT2D eigenvalue weighted by Crippen LogP contribution is -2.44. The van der Waals surface area contributed by atoms with Crippen molar-refractivity contribution in [3.63, 3.8) is 0 Å². The quantitative estimate of drug-likeness (QED) is 0.608. The molecule has 1 unspecified atom stereocenters. The van der Waals surface area contributed by atoms with E-state index in [4.69, 9.17) is 21.3 Å². The van der Waals surface area contributed by atoms with Crippen LogP contribution < -0.4 is 0 Å². The third-order valence-corrected chi connectivity index (χ3v) is 5.56. The number of aromatic nitrogens is 4. The van der Waals surface area contributed by atoms with E-state index in [0.29, 0.717) is 25.5 Å². The number of hydrogen-bond donors (Lipinski definition) is 0. The van der Waals surface area contributed by atoms with Crippen molar-refractivity contribution in [2.24, 2.45) is 0 Å². The Balaban J connectivity index is 1.48. The zero-order valence-electron chi connectivity index (χ0n) is 18.0. The van der Waals surface area contributed by atoms with Gasteiger partial charge in [0.25, 0.3) is 0 Å².